The SMILES string of the molecule is CCCCCSc1nc2ccccc2n1CC(=O)Nc1ccc(F)cc1. The number of amides is 1. The fraction of sp³-hybridized carbons (Fsp3) is 0.300. The maximum Gasteiger partial charge on any atom is 0.244 e. The average Bonchev–Trinajstić information content (AvgIpc) is 2.98. The Bertz CT molecular complexity index is 876. The largest absolute Gasteiger partial charge is 0.325 e. The highest BCUT2D eigenvalue weighted by atomic mass is 32.2. The summed E-state index contributed by atoms with van der Waals surface area (Å²) in [5.41, 5.74) is 2.41. The summed E-state index contributed by atoms with van der Waals surface area (Å²) in [6, 6.07) is 13.6. The van der Waals surface area contributed by atoms with Gasteiger partial charge in [-0.05, 0) is 42.8 Å². The van der Waals surface area contributed by atoms with Crippen LogP contribution >= 0.6 is 11.8 Å². The van der Waals surface area contributed by atoms with Gasteiger partial charge in [-0.3, -0.25) is 4.79 Å². The maximum atomic E-state index is 13.0. The third-order valence-corrected chi connectivity index (χ3v) is 5.09. The predicted octanol–water partition coefficient (Wildman–Crippen LogP) is 5.10. The molecule has 26 heavy (non-hydrogen) atoms. The molecule has 0 aliphatic heterocycles. The summed E-state index contributed by atoms with van der Waals surface area (Å²) in [5, 5.41) is 3.67. The van der Waals surface area contributed by atoms with Crippen molar-refractivity contribution in [3.8, 4) is 0 Å². The Morgan fingerprint density at radius 3 is 2.69 bits per heavy atom. The van der Waals surface area contributed by atoms with Gasteiger partial charge in [-0.15, -0.1) is 0 Å². The number of unbranched alkanes of at least 4 members (excludes halogenated alkanes) is 2. The van der Waals surface area contributed by atoms with Crippen LogP contribution in [0.3, 0.4) is 0 Å². The number of para-hydroxylation sites is 2. The van der Waals surface area contributed by atoms with E-state index in [1.807, 2.05) is 28.8 Å². The summed E-state index contributed by atoms with van der Waals surface area (Å²) < 4.78 is 15.0. The molecule has 0 aliphatic carbocycles. The van der Waals surface area contributed by atoms with Crippen LogP contribution in [-0.4, -0.2) is 21.2 Å². The first kappa shape index (κ1) is 18.5. The first-order valence-corrected chi connectivity index (χ1v) is 9.79. The zero-order chi connectivity index (χ0) is 18.4. The molecule has 0 saturated carbocycles. The zero-order valence-electron chi connectivity index (χ0n) is 14.7. The normalized spacial score (nSPS) is 11.0. The summed E-state index contributed by atoms with van der Waals surface area (Å²) in [6.07, 6.45) is 3.50. The quantitative estimate of drug-likeness (QED) is 0.443. The summed E-state index contributed by atoms with van der Waals surface area (Å²) in [7, 11) is 0. The van der Waals surface area contributed by atoms with Gasteiger partial charge in [0.1, 0.15) is 12.4 Å². The lowest BCUT2D eigenvalue weighted by molar-refractivity contribution is -0.116. The third-order valence-electron chi connectivity index (χ3n) is 4.03. The Morgan fingerprint density at radius 2 is 1.92 bits per heavy atom. The minimum atomic E-state index is -0.325. The van der Waals surface area contributed by atoms with Crippen molar-refractivity contribution in [3.05, 3.63) is 54.3 Å². The van der Waals surface area contributed by atoms with E-state index in [0.29, 0.717) is 5.69 Å². The Hall–Kier alpha value is -2.34. The molecule has 0 aliphatic rings. The van der Waals surface area contributed by atoms with E-state index >= 15 is 0 Å². The smallest absolute Gasteiger partial charge is 0.244 e. The number of thioether (sulfide) groups is 1. The van der Waals surface area contributed by atoms with Crippen molar-refractivity contribution in [3.63, 3.8) is 0 Å². The van der Waals surface area contributed by atoms with Gasteiger partial charge in [0, 0.05) is 11.4 Å². The molecule has 1 N–H and O–H groups in total. The monoisotopic (exact) mass is 371 g/mol. The van der Waals surface area contributed by atoms with Gasteiger partial charge < -0.3 is 9.88 Å². The number of aromatic nitrogens is 2. The number of nitrogens with one attached hydrogen (secondary N) is 1. The van der Waals surface area contributed by atoms with Crippen LogP contribution in [0.2, 0.25) is 0 Å². The first-order chi connectivity index (χ1) is 12.7. The number of nitrogens with zero attached hydrogens (tertiary/aromatic N) is 2. The fourth-order valence-corrected chi connectivity index (χ4v) is 3.72. The lowest BCUT2D eigenvalue weighted by Gasteiger charge is -2.10. The number of carbonyl (C=O) groups excluding carboxylic acids is 1. The number of imidazole rings is 1. The van der Waals surface area contributed by atoms with Crippen LogP contribution in [0.1, 0.15) is 26.2 Å². The molecule has 0 spiro atoms. The summed E-state index contributed by atoms with van der Waals surface area (Å²) in [6.45, 7) is 2.35. The van der Waals surface area contributed by atoms with Crippen molar-refractivity contribution in [2.45, 2.75) is 37.9 Å². The Kier molecular flexibility index (Phi) is 6.28. The number of carbonyl (C=O) groups is 1. The van der Waals surface area contributed by atoms with Crippen molar-refractivity contribution in [2.24, 2.45) is 0 Å². The van der Waals surface area contributed by atoms with E-state index in [9.17, 15) is 9.18 Å². The number of fused-ring (bicyclic) bond motifs is 1. The number of rotatable bonds is 8. The van der Waals surface area contributed by atoms with Crippen LogP contribution in [-0.2, 0) is 11.3 Å². The lowest BCUT2D eigenvalue weighted by atomic mass is 10.3. The van der Waals surface area contributed by atoms with Crippen LogP contribution in [0.4, 0.5) is 10.1 Å². The lowest BCUT2D eigenvalue weighted by Crippen LogP contribution is -2.19. The molecule has 4 nitrogen and oxygen atoms in total. The summed E-state index contributed by atoms with van der Waals surface area (Å²) in [5.74, 6) is 0.501. The van der Waals surface area contributed by atoms with E-state index in [1.54, 1.807) is 23.9 Å². The van der Waals surface area contributed by atoms with Crippen molar-refractivity contribution >= 4 is 34.4 Å². The molecule has 0 fully saturated rings. The second-order valence-corrected chi connectivity index (χ2v) is 7.14. The maximum absolute atomic E-state index is 13.0. The predicted molar refractivity (Wildman–Crippen MR) is 105 cm³/mol. The fourth-order valence-electron chi connectivity index (χ4n) is 2.71. The Balaban J connectivity index is 1.76. The van der Waals surface area contributed by atoms with Crippen molar-refractivity contribution < 1.29 is 9.18 Å². The van der Waals surface area contributed by atoms with Crippen molar-refractivity contribution in [2.75, 3.05) is 11.1 Å². The average molecular weight is 371 g/mol. The minimum absolute atomic E-state index is 0.157. The zero-order valence-corrected chi connectivity index (χ0v) is 15.6. The minimum Gasteiger partial charge on any atom is -0.325 e. The van der Waals surface area contributed by atoms with Crippen LogP contribution in [0, 0.1) is 5.82 Å². The van der Waals surface area contributed by atoms with Gasteiger partial charge in [0.2, 0.25) is 5.91 Å². The molecule has 136 valence electrons. The molecular formula is C20H22FN3OS. The highest BCUT2D eigenvalue weighted by Crippen LogP contribution is 2.25. The first-order valence-electron chi connectivity index (χ1n) is 8.81. The van der Waals surface area contributed by atoms with Gasteiger partial charge in [-0.1, -0.05) is 43.7 Å². The molecule has 2 aromatic carbocycles. The van der Waals surface area contributed by atoms with Gasteiger partial charge in [0.15, 0.2) is 5.16 Å². The van der Waals surface area contributed by atoms with E-state index in [4.69, 9.17) is 0 Å². The molecule has 6 heteroatoms. The van der Waals surface area contributed by atoms with E-state index in [1.165, 1.54) is 25.0 Å². The second kappa shape index (κ2) is 8.85. The highest BCUT2D eigenvalue weighted by molar-refractivity contribution is 7.99. The number of hydrogen-bond donors (Lipinski definition) is 1. The number of anilines is 1. The molecule has 1 amide bonds. The van der Waals surface area contributed by atoms with Crippen LogP contribution in [0.25, 0.3) is 11.0 Å². The molecule has 0 atom stereocenters. The van der Waals surface area contributed by atoms with Gasteiger partial charge in [0.05, 0.1) is 11.0 Å². The van der Waals surface area contributed by atoms with E-state index in [-0.39, 0.29) is 18.3 Å². The van der Waals surface area contributed by atoms with E-state index in [2.05, 4.69) is 17.2 Å². The molecule has 0 radical (unpaired) electrons. The molecule has 0 unspecified atom stereocenters. The highest BCUT2D eigenvalue weighted by Gasteiger charge is 2.14. The van der Waals surface area contributed by atoms with E-state index < -0.39 is 0 Å². The van der Waals surface area contributed by atoms with Gasteiger partial charge in [-0.2, -0.15) is 0 Å². The van der Waals surface area contributed by atoms with Gasteiger partial charge >= 0.3 is 0 Å². The van der Waals surface area contributed by atoms with Crippen molar-refractivity contribution in [1.29, 1.82) is 0 Å². The number of benzene rings is 2. The molecule has 3 rings (SSSR count). The van der Waals surface area contributed by atoms with Crippen molar-refractivity contribution in [1.82, 2.24) is 9.55 Å². The molecule has 3 aromatic rings. The van der Waals surface area contributed by atoms with Gasteiger partial charge in [0.25, 0.3) is 0 Å². The van der Waals surface area contributed by atoms with Crippen LogP contribution < -0.4 is 5.32 Å². The summed E-state index contributed by atoms with van der Waals surface area (Å²) >= 11 is 1.69. The summed E-state index contributed by atoms with van der Waals surface area (Å²) in [4.78, 5) is 17.2. The standard InChI is InChI=1S/C20H22FN3OS/c1-2-3-6-13-26-20-23-17-7-4-5-8-18(17)24(20)14-19(25)22-16-11-9-15(21)10-12-16/h4-5,7-12H,2-3,6,13-14H2,1H3,(H,22,25). The third kappa shape index (κ3) is 4.64. The molecule has 0 saturated heterocycles. The van der Waals surface area contributed by atoms with Gasteiger partial charge in [-0.25, -0.2) is 9.37 Å². The molecule has 1 aromatic heterocycles. The number of hydrogen-bond acceptors (Lipinski definition) is 3. The van der Waals surface area contributed by atoms with E-state index in [0.717, 1.165) is 28.4 Å². The Morgan fingerprint density at radius 1 is 1.15 bits per heavy atom. The van der Waals surface area contributed by atoms with Crippen LogP contribution in [0.15, 0.2) is 53.7 Å². The molecular weight excluding hydrogens is 349 g/mol. The second-order valence-electron chi connectivity index (χ2n) is 6.08. The topological polar surface area (TPSA) is 46.9 Å². The van der Waals surface area contributed by atoms with Crippen LogP contribution in [0.5, 0.6) is 0 Å². The Labute approximate surface area is 156 Å². The molecule has 0 bridgehead atoms. The number of halogens is 1. The molecule has 1 heterocycles.